The predicted octanol–water partition coefficient (Wildman–Crippen LogP) is -1.94. The molecule has 2 rings (SSSR count). The van der Waals surface area contributed by atoms with Crippen LogP contribution in [0.2, 0.25) is 0 Å². The number of carboxylic acids is 1. The monoisotopic (exact) mass is 955 g/mol. The summed E-state index contributed by atoms with van der Waals surface area (Å²) >= 11 is 0. The summed E-state index contributed by atoms with van der Waals surface area (Å²) in [6.45, 7) is -2.33. The van der Waals surface area contributed by atoms with Crippen molar-refractivity contribution in [2.75, 3.05) is 47.3 Å². The molecule has 0 aromatic carbocycles. The van der Waals surface area contributed by atoms with Crippen molar-refractivity contribution in [3.8, 4) is 0 Å². The molecular formula is C26H53NO26S5-4. The van der Waals surface area contributed by atoms with E-state index in [0.717, 1.165) is 35.0 Å². The molecule has 0 amide bonds. The highest BCUT2D eigenvalue weighted by Gasteiger charge is 2.64. The minimum atomic E-state index is -5.95. The van der Waals surface area contributed by atoms with Gasteiger partial charge in [-0.15, -0.1) is 0 Å². The minimum Gasteiger partial charge on any atom is -0.742 e. The Bertz CT molecular complexity index is 1930. The Hall–Kier alpha value is -1.38. The van der Waals surface area contributed by atoms with Gasteiger partial charge in [0.25, 0.3) is 0 Å². The smallest absolute Gasteiger partial charge is 0.397 e. The Balaban J connectivity index is -0.00000756. The quantitative estimate of drug-likeness (QED) is 0.0936. The molecule has 2 aliphatic heterocycles. The van der Waals surface area contributed by atoms with E-state index >= 15 is 0 Å². The molecule has 0 aromatic heterocycles. The van der Waals surface area contributed by atoms with Crippen LogP contribution in [0.4, 0.5) is 0 Å². The number of aliphatic carboxylic acids is 1. The van der Waals surface area contributed by atoms with E-state index in [2.05, 4.69) is 16.9 Å². The average Bonchev–Trinajstić information content (AvgIpc) is 2.93. The van der Waals surface area contributed by atoms with Gasteiger partial charge in [-0.25, -0.2) is 33.8 Å². The number of carbonyl (C=O) groups excluding carboxylic acids is 1. The molecule has 2 saturated heterocycles. The third-order valence-corrected chi connectivity index (χ3v) is 11.1. The minimum absolute atomic E-state index is 0. The fourth-order valence-electron chi connectivity index (χ4n) is 6.16. The van der Waals surface area contributed by atoms with Gasteiger partial charge in [-0.05, 0) is 27.7 Å². The van der Waals surface area contributed by atoms with E-state index in [1.165, 1.54) is 0 Å². The molecule has 58 heavy (non-hydrogen) atoms. The van der Waals surface area contributed by atoms with Crippen molar-refractivity contribution >= 4 is 57.9 Å². The highest BCUT2D eigenvalue weighted by atomic mass is 32.3. The van der Waals surface area contributed by atoms with Crippen LogP contribution >= 0.6 is 0 Å². The highest BCUT2D eigenvalue weighted by molar-refractivity contribution is 7.82. The summed E-state index contributed by atoms with van der Waals surface area (Å²) in [4.78, 5) is 12.4. The Morgan fingerprint density at radius 2 is 1.17 bits per heavy atom. The maximum absolute atomic E-state index is 12.4. The summed E-state index contributed by atoms with van der Waals surface area (Å²) in [7, 11) is -26.4. The molecule has 2 aliphatic rings. The number of hydrogen-bond donors (Lipinski definition) is 3. The van der Waals surface area contributed by atoms with Crippen LogP contribution in [0.1, 0.15) is 57.4 Å². The van der Waals surface area contributed by atoms with Gasteiger partial charge in [0, 0.05) is 26.1 Å². The van der Waals surface area contributed by atoms with E-state index in [4.69, 9.17) is 27.9 Å². The van der Waals surface area contributed by atoms with Crippen LogP contribution in [0.15, 0.2) is 4.36 Å². The summed E-state index contributed by atoms with van der Waals surface area (Å²) in [5.41, 5.74) is -10.9. The van der Waals surface area contributed by atoms with Gasteiger partial charge in [0.15, 0.2) is 0 Å². The van der Waals surface area contributed by atoms with Gasteiger partial charge >= 0.3 is 20.8 Å². The lowest BCUT2D eigenvalue weighted by Gasteiger charge is -2.56. The SMILES string of the molecule is C.C.C.C.COC[C@H]1C(OS(=O)(=O)O)C(C)(OS(=O)(=O)[O-])[C@@H](COC[C@H]2C(OS(=O)(=O)O)C(C)(N=S(=O)([O-])O)[C@@H](COC)OC2(C)COS(=O)(=O)[O-])OC1(C)C(=O)[O-]. The van der Waals surface area contributed by atoms with E-state index in [1.807, 2.05) is 0 Å². The number of hydrogen-bond acceptors (Lipinski definition) is 24. The zero-order valence-corrected chi connectivity index (χ0v) is 32.8. The summed E-state index contributed by atoms with van der Waals surface area (Å²) < 4.78 is 219. The van der Waals surface area contributed by atoms with Crippen molar-refractivity contribution in [2.45, 2.75) is 104 Å². The molecule has 2 fully saturated rings. The number of nitrogens with zero attached hydrogens (tertiary/aromatic N) is 1. The van der Waals surface area contributed by atoms with Gasteiger partial charge < -0.3 is 51.8 Å². The van der Waals surface area contributed by atoms with Crippen LogP contribution in [0, 0.1) is 11.8 Å². The zero-order chi connectivity index (χ0) is 42.1. The van der Waals surface area contributed by atoms with Gasteiger partial charge in [0.05, 0.1) is 44.6 Å². The number of rotatable bonds is 19. The summed E-state index contributed by atoms with van der Waals surface area (Å²) in [5, 5.41) is 12.4. The lowest BCUT2D eigenvalue weighted by atomic mass is 9.71. The lowest BCUT2D eigenvalue weighted by Crippen LogP contribution is -2.73. The first-order valence-corrected chi connectivity index (χ1v) is 21.3. The van der Waals surface area contributed by atoms with Crippen molar-refractivity contribution < 1.29 is 116 Å². The standard InChI is InChI=1S/C22H41NO26S5.4CH4/c1-19(11-44-51(29,30)31)12(16(47-52(32,33)34)20(2,23-50(26,27)28)14(45-19)9-42-6)8-43-10-15-22(4,49-54(38,39)40)17(48-53(35,36)37)13(7-41-5)21(3,46-15)18(24)25;;;;/h12-17H,7-11H2,1-6H3,(H,24,25)(H,29,30,31)(H,32,33,34)(H,35,36,37)(H,38,39,40)(H2,23,26,27,28);4*1H4/p-4/t12-,13-,14+,15+,16?,17?,19?,20?,21?,22?;;;;/m0..../s1. The predicted molar refractivity (Wildman–Crippen MR) is 190 cm³/mol. The second-order valence-electron chi connectivity index (χ2n) is 12.6. The van der Waals surface area contributed by atoms with Crippen LogP contribution in [0.25, 0.3) is 0 Å². The average molecular weight is 956 g/mol. The van der Waals surface area contributed by atoms with Gasteiger partial charge in [-0.1, -0.05) is 29.7 Å². The Labute approximate surface area is 339 Å². The molecule has 0 aromatic rings. The molecule has 0 radical (unpaired) electrons. The third-order valence-electron chi connectivity index (χ3n) is 8.62. The molecule has 2 heterocycles. The third kappa shape index (κ3) is 15.8. The van der Waals surface area contributed by atoms with Crippen LogP contribution < -0.4 is 5.11 Å². The Morgan fingerprint density at radius 3 is 1.57 bits per heavy atom. The van der Waals surface area contributed by atoms with Crippen LogP contribution in [-0.2, 0) is 97.1 Å². The van der Waals surface area contributed by atoms with E-state index in [0.29, 0.717) is 6.92 Å². The number of carboxylic acid groups (broad SMARTS) is 1. The molecule has 27 nitrogen and oxygen atoms in total. The molecule has 352 valence electrons. The highest BCUT2D eigenvalue weighted by Crippen LogP contribution is 2.47. The first-order valence-electron chi connectivity index (χ1n) is 14.5. The number of methoxy groups -OCH3 is 2. The van der Waals surface area contributed by atoms with E-state index in [-0.39, 0.29) is 29.7 Å². The normalized spacial score (nSPS) is 34.1. The van der Waals surface area contributed by atoms with Crippen molar-refractivity contribution in [1.29, 1.82) is 0 Å². The molecule has 0 spiro atoms. The zero-order valence-electron chi connectivity index (χ0n) is 28.7. The molecule has 7 unspecified atom stereocenters. The Morgan fingerprint density at radius 1 is 0.690 bits per heavy atom. The van der Waals surface area contributed by atoms with Gasteiger partial charge in [-0.3, -0.25) is 17.5 Å². The number of carbonyl (C=O) groups is 1. The first kappa shape index (κ1) is 60.9. The maximum atomic E-state index is 12.4. The first-order chi connectivity index (χ1) is 24.1. The van der Waals surface area contributed by atoms with Gasteiger partial charge in [-0.2, -0.15) is 16.8 Å². The Kier molecular flexibility index (Phi) is 22.2. The molecule has 3 N–H and O–H groups in total. The summed E-state index contributed by atoms with van der Waals surface area (Å²) in [6, 6.07) is 0. The van der Waals surface area contributed by atoms with Crippen molar-refractivity contribution in [3.05, 3.63) is 0 Å². The van der Waals surface area contributed by atoms with E-state index in [1.54, 1.807) is 0 Å². The van der Waals surface area contributed by atoms with Crippen LogP contribution in [0.5, 0.6) is 0 Å². The van der Waals surface area contributed by atoms with Crippen molar-refractivity contribution in [2.24, 2.45) is 16.2 Å². The summed E-state index contributed by atoms with van der Waals surface area (Å²) in [5.74, 6) is -6.17. The van der Waals surface area contributed by atoms with E-state index in [9.17, 15) is 75.1 Å². The molecule has 32 heteroatoms. The van der Waals surface area contributed by atoms with Crippen molar-refractivity contribution in [3.63, 3.8) is 0 Å². The van der Waals surface area contributed by atoms with E-state index < -0.39 is 149 Å². The molecular weight excluding hydrogens is 903 g/mol. The fraction of sp³-hybridized carbons (Fsp3) is 0.962. The molecule has 0 bridgehead atoms. The van der Waals surface area contributed by atoms with Crippen LogP contribution in [-0.4, -0.2) is 165 Å². The van der Waals surface area contributed by atoms with Crippen LogP contribution in [0.3, 0.4) is 0 Å². The second kappa shape index (κ2) is 21.1. The molecule has 0 aliphatic carbocycles. The topological polar surface area (TPSA) is 419 Å². The largest absolute Gasteiger partial charge is 0.742 e. The summed E-state index contributed by atoms with van der Waals surface area (Å²) in [6.07, 6.45) is -9.13. The maximum Gasteiger partial charge on any atom is 0.397 e. The number of ether oxygens (including phenoxy) is 5. The second-order valence-corrected chi connectivity index (χ2v) is 17.8. The van der Waals surface area contributed by atoms with Gasteiger partial charge in [0.2, 0.25) is 20.8 Å². The van der Waals surface area contributed by atoms with Gasteiger partial charge in [0.1, 0.15) is 51.4 Å². The molecule has 0 saturated carbocycles. The fourth-order valence-corrected chi connectivity index (χ4v) is 9.08. The molecule has 11 atom stereocenters. The lowest BCUT2D eigenvalue weighted by molar-refractivity contribution is -0.354. The van der Waals surface area contributed by atoms with Crippen molar-refractivity contribution in [1.82, 2.24) is 0 Å².